The quantitative estimate of drug-likeness (QED) is 0.572. The monoisotopic (exact) mass is 263 g/mol. The van der Waals surface area contributed by atoms with E-state index < -0.39 is 16.4 Å². The fourth-order valence-electron chi connectivity index (χ4n) is 0.910. The molecule has 0 bridgehead atoms. The second kappa shape index (κ2) is 7.74. The summed E-state index contributed by atoms with van der Waals surface area (Å²) in [5.41, 5.74) is 1.10. The fraction of sp³-hybridized carbons (Fsp3) is 0.222. The van der Waals surface area contributed by atoms with Crippen molar-refractivity contribution in [3.8, 4) is 0 Å². The van der Waals surface area contributed by atoms with Gasteiger partial charge in [0.1, 0.15) is 0 Å². The molecule has 1 aromatic rings. The summed E-state index contributed by atoms with van der Waals surface area (Å²) in [6, 6.07) is 9.69. The highest BCUT2D eigenvalue weighted by Crippen LogP contribution is 1.96. The van der Waals surface area contributed by atoms with Gasteiger partial charge in [-0.1, -0.05) is 30.3 Å². The number of carboxylic acids is 1. The average molecular weight is 263 g/mol. The van der Waals surface area contributed by atoms with Crippen molar-refractivity contribution in [3.05, 3.63) is 35.9 Å². The molecule has 0 fully saturated rings. The molecule has 96 valence electrons. The van der Waals surface area contributed by atoms with Gasteiger partial charge in [-0.25, -0.2) is 0 Å². The van der Waals surface area contributed by atoms with Crippen molar-refractivity contribution in [2.45, 2.75) is 6.54 Å². The zero-order valence-corrected chi connectivity index (χ0v) is 9.59. The van der Waals surface area contributed by atoms with Crippen LogP contribution in [0.5, 0.6) is 0 Å². The van der Waals surface area contributed by atoms with Gasteiger partial charge in [-0.15, -0.1) is 0 Å². The highest BCUT2D eigenvalue weighted by atomic mass is 32.3. The van der Waals surface area contributed by atoms with E-state index in [2.05, 4.69) is 5.32 Å². The third-order valence-electron chi connectivity index (χ3n) is 1.45. The number of hydrogen-bond acceptors (Lipinski definition) is 4. The number of benzene rings is 1. The first-order valence-corrected chi connectivity index (χ1v) is 5.85. The van der Waals surface area contributed by atoms with Crippen molar-refractivity contribution in [1.29, 1.82) is 0 Å². The summed E-state index contributed by atoms with van der Waals surface area (Å²) in [4.78, 5) is 10.1. The minimum Gasteiger partial charge on any atom is -0.480 e. The van der Waals surface area contributed by atoms with Gasteiger partial charge in [0.25, 0.3) is 0 Å². The van der Waals surface area contributed by atoms with Crippen LogP contribution in [0.15, 0.2) is 30.3 Å². The average Bonchev–Trinajstić information content (AvgIpc) is 2.16. The van der Waals surface area contributed by atoms with E-state index in [1.807, 2.05) is 30.3 Å². The first-order valence-electron chi connectivity index (χ1n) is 4.45. The predicted molar refractivity (Wildman–Crippen MR) is 60.0 cm³/mol. The van der Waals surface area contributed by atoms with Crippen molar-refractivity contribution >= 4 is 16.4 Å². The second-order valence-electron chi connectivity index (χ2n) is 2.93. The molecule has 7 nitrogen and oxygen atoms in total. The van der Waals surface area contributed by atoms with E-state index in [1.54, 1.807) is 0 Å². The van der Waals surface area contributed by atoms with Gasteiger partial charge in [0.15, 0.2) is 0 Å². The molecule has 17 heavy (non-hydrogen) atoms. The molecule has 0 heterocycles. The molecule has 0 saturated carbocycles. The molecule has 0 aliphatic heterocycles. The number of carbonyl (C=O) groups is 1. The first kappa shape index (κ1) is 15.5. The van der Waals surface area contributed by atoms with Gasteiger partial charge < -0.3 is 10.4 Å². The van der Waals surface area contributed by atoms with E-state index in [-0.39, 0.29) is 6.54 Å². The first-order chi connectivity index (χ1) is 7.79. The molecular weight excluding hydrogens is 250 g/mol. The summed E-state index contributed by atoms with van der Waals surface area (Å²) in [6.45, 7) is 0.613. The third-order valence-corrected chi connectivity index (χ3v) is 1.45. The van der Waals surface area contributed by atoms with E-state index in [0.29, 0.717) is 6.54 Å². The lowest BCUT2D eigenvalue weighted by Crippen LogP contribution is -2.21. The van der Waals surface area contributed by atoms with Gasteiger partial charge in [-0.3, -0.25) is 13.9 Å². The third kappa shape index (κ3) is 14.5. The molecule has 0 aliphatic carbocycles. The van der Waals surface area contributed by atoms with Crippen LogP contribution in [-0.2, 0) is 21.7 Å². The lowest BCUT2D eigenvalue weighted by Gasteiger charge is -2.00. The summed E-state index contributed by atoms with van der Waals surface area (Å²) in [5.74, 6) is -0.828. The van der Waals surface area contributed by atoms with E-state index >= 15 is 0 Å². The van der Waals surface area contributed by atoms with Crippen LogP contribution < -0.4 is 5.32 Å². The Morgan fingerprint density at radius 2 is 1.65 bits per heavy atom. The van der Waals surface area contributed by atoms with Gasteiger partial charge in [0.05, 0.1) is 6.54 Å². The van der Waals surface area contributed by atoms with E-state index in [9.17, 15) is 4.79 Å². The lowest BCUT2D eigenvalue weighted by atomic mass is 10.2. The van der Waals surface area contributed by atoms with Crippen LogP contribution in [0.3, 0.4) is 0 Å². The normalized spacial score (nSPS) is 10.2. The summed E-state index contributed by atoms with van der Waals surface area (Å²) in [7, 11) is -4.67. The molecule has 1 rings (SSSR count). The molecule has 0 unspecified atom stereocenters. The van der Waals surface area contributed by atoms with Crippen LogP contribution in [0.2, 0.25) is 0 Å². The highest BCUT2D eigenvalue weighted by molar-refractivity contribution is 7.79. The maximum Gasteiger partial charge on any atom is 0.394 e. The summed E-state index contributed by atoms with van der Waals surface area (Å²) in [5, 5.41) is 11.1. The minimum atomic E-state index is -4.67. The summed E-state index contributed by atoms with van der Waals surface area (Å²) >= 11 is 0. The SMILES string of the molecule is O=C(O)CNCc1ccccc1.O=S(=O)(O)O. The maximum atomic E-state index is 10.1. The number of aliphatic carboxylic acids is 1. The Morgan fingerprint density at radius 1 is 1.18 bits per heavy atom. The molecule has 0 atom stereocenters. The number of nitrogens with one attached hydrogen (secondary N) is 1. The van der Waals surface area contributed by atoms with Gasteiger partial charge in [0, 0.05) is 6.54 Å². The highest BCUT2D eigenvalue weighted by Gasteiger charge is 1.94. The van der Waals surface area contributed by atoms with Crippen LogP contribution >= 0.6 is 0 Å². The Balaban J connectivity index is 0.000000437. The van der Waals surface area contributed by atoms with Crippen molar-refractivity contribution in [3.63, 3.8) is 0 Å². The summed E-state index contributed by atoms with van der Waals surface area (Å²) in [6.07, 6.45) is 0. The minimum absolute atomic E-state index is 0.00882. The Bertz CT molecular complexity index is 422. The smallest absolute Gasteiger partial charge is 0.394 e. The molecule has 0 aromatic heterocycles. The molecule has 0 spiro atoms. The van der Waals surface area contributed by atoms with E-state index in [1.165, 1.54) is 0 Å². The number of hydrogen-bond donors (Lipinski definition) is 4. The standard InChI is InChI=1S/C9H11NO2.H2O4S/c11-9(12)7-10-6-8-4-2-1-3-5-8;1-5(2,3)4/h1-5,10H,6-7H2,(H,11,12);(H2,1,2,3,4). The van der Waals surface area contributed by atoms with Crippen LogP contribution in [0.25, 0.3) is 0 Å². The molecule has 0 aliphatic rings. The Labute approximate surface area is 98.7 Å². The van der Waals surface area contributed by atoms with Crippen LogP contribution in [-0.4, -0.2) is 35.1 Å². The number of rotatable bonds is 4. The van der Waals surface area contributed by atoms with Gasteiger partial charge >= 0.3 is 16.4 Å². The number of carboxylic acid groups (broad SMARTS) is 1. The Hall–Kier alpha value is -1.48. The van der Waals surface area contributed by atoms with Crippen LogP contribution in [0.4, 0.5) is 0 Å². The second-order valence-corrected chi connectivity index (χ2v) is 3.83. The van der Waals surface area contributed by atoms with Crippen molar-refractivity contribution in [2.24, 2.45) is 0 Å². The molecule has 4 N–H and O–H groups in total. The molecule has 1 aromatic carbocycles. The Morgan fingerprint density at radius 3 is 2.06 bits per heavy atom. The molecule has 0 saturated heterocycles. The Kier molecular flexibility index (Phi) is 7.06. The largest absolute Gasteiger partial charge is 0.480 e. The zero-order valence-electron chi connectivity index (χ0n) is 8.78. The zero-order chi connectivity index (χ0) is 13.3. The molecule has 8 heteroatoms. The van der Waals surface area contributed by atoms with Gasteiger partial charge in [0.2, 0.25) is 0 Å². The van der Waals surface area contributed by atoms with Crippen LogP contribution in [0.1, 0.15) is 5.56 Å². The van der Waals surface area contributed by atoms with Crippen LogP contribution in [0, 0.1) is 0 Å². The van der Waals surface area contributed by atoms with Gasteiger partial charge in [-0.2, -0.15) is 8.42 Å². The van der Waals surface area contributed by atoms with Gasteiger partial charge in [-0.05, 0) is 5.56 Å². The summed E-state index contributed by atoms with van der Waals surface area (Å²) < 4.78 is 31.6. The van der Waals surface area contributed by atoms with Crippen molar-refractivity contribution in [1.82, 2.24) is 5.32 Å². The predicted octanol–water partition coefficient (Wildman–Crippen LogP) is 0.208. The topological polar surface area (TPSA) is 124 Å². The molecular formula is C9H13NO6S. The molecule has 0 amide bonds. The van der Waals surface area contributed by atoms with Crippen molar-refractivity contribution < 1.29 is 27.4 Å². The maximum absolute atomic E-state index is 10.1. The van der Waals surface area contributed by atoms with E-state index in [4.69, 9.17) is 22.6 Å². The molecule has 0 radical (unpaired) electrons. The van der Waals surface area contributed by atoms with E-state index in [0.717, 1.165) is 5.56 Å². The fourth-order valence-corrected chi connectivity index (χ4v) is 0.910. The lowest BCUT2D eigenvalue weighted by molar-refractivity contribution is -0.136. The van der Waals surface area contributed by atoms with Crippen molar-refractivity contribution in [2.75, 3.05) is 6.54 Å².